The maximum Gasteiger partial charge on any atom is 0.233 e. The van der Waals surface area contributed by atoms with Crippen LogP contribution in [0.3, 0.4) is 0 Å². The van der Waals surface area contributed by atoms with Crippen molar-refractivity contribution in [3.05, 3.63) is 36.2 Å². The average molecular weight is 332 g/mol. The van der Waals surface area contributed by atoms with Crippen LogP contribution in [0.5, 0.6) is 5.75 Å². The van der Waals surface area contributed by atoms with Crippen LogP contribution in [0.25, 0.3) is 11.5 Å². The Kier molecular flexibility index (Phi) is 4.91. The van der Waals surface area contributed by atoms with Crippen LogP contribution >= 0.6 is 11.8 Å². The molecule has 1 aromatic heterocycles. The summed E-state index contributed by atoms with van der Waals surface area (Å²) in [7, 11) is 1.63. The molecule has 1 fully saturated rings. The number of methoxy groups -OCH3 is 1. The molecule has 23 heavy (non-hydrogen) atoms. The van der Waals surface area contributed by atoms with Gasteiger partial charge in [-0.2, -0.15) is 0 Å². The van der Waals surface area contributed by atoms with Gasteiger partial charge in [-0.3, -0.25) is 4.79 Å². The van der Waals surface area contributed by atoms with E-state index in [4.69, 9.17) is 9.15 Å². The van der Waals surface area contributed by atoms with E-state index in [-0.39, 0.29) is 11.2 Å². The first-order valence-electron chi connectivity index (χ1n) is 7.66. The molecular formula is C17H20N2O3S. The highest BCUT2D eigenvalue weighted by Crippen LogP contribution is 2.25. The van der Waals surface area contributed by atoms with E-state index in [0.717, 1.165) is 29.8 Å². The fraction of sp³-hybridized carbons (Fsp3) is 0.412. The lowest BCUT2D eigenvalue weighted by atomic mass is 10.2. The molecule has 5 nitrogen and oxygen atoms in total. The van der Waals surface area contributed by atoms with Crippen LogP contribution in [0, 0.1) is 0 Å². The molecule has 0 radical (unpaired) electrons. The zero-order valence-electron chi connectivity index (χ0n) is 13.2. The molecule has 0 saturated heterocycles. The topological polar surface area (TPSA) is 64.4 Å². The molecule has 1 heterocycles. The van der Waals surface area contributed by atoms with E-state index in [1.807, 2.05) is 31.2 Å². The molecule has 1 atom stereocenters. The number of aromatic nitrogens is 1. The number of thioether (sulfide) groups is 1. The zero-order valence-corrected chi connectivity index (χ0v) is 14.1. The van der Waals surface area contributed by atoms with Gasteiger partial charge >= 0.3 is 0 Å². The molecule has 0 unspecified atom stereocenters. The lowest BCUT2D eigenvalue weighted by Gasteiger charge is -2.10. The van der Waals surface area contributed by atoms with Crippen LogP contribution in [-0.2, 0) is 10.5 Å². The van der Waals surface area contributed by atoms with Crippen molar-refractivity contribution in [3.8, 4) is 17.2 Å². The summed E-state index contributed by atoms with van der Waals surface area (Å²) in [5.41, 5.74) is 1.74. The van der Waals surface area contributed by atoms with E-state index >= 15 is 0 Å². The molecule has 2 aromatic rings. The Morgan fingerprint density at radius 3 is 2.83 bits per heavy atom. The number of rotatable bonds is 7. The minimum Gasteiger partial charge on any atom is -0.497 e. The molecular weight excluding hydrogens is 312 g/mol. The van der Waals surface area contributed by atoms with Crippen molar-refractivity contribution >= 4 is 17.7 Å². The highest BCUT2D eigenvalue weighted by Gasteiger charge is 2.25. The van der Waals surface area contributed by atoms with Crippen LogP contribution in [0.4, 0.5) is 0 Å². The molecule has 0 bridgehead atoms. The molecule has 6 heteroatoms. The summed E-state index contributed by atoms with van der Waals surface area (Å²) in [6.45, 7) is 1.92. The van der Waals surface area contributed by atoms with E-state index in [2.05, 4.69) is 10.3 Å². The number of hydrogen-bond acceptors (Lipinski definition) is 5. The van der Waals surface area contributed by atoms with Crippen molar-refractivity contribution in [2.45, 2.75) is 36.8 Å². The van der Waals surface area contributed by atoms with Gasteiger partial charge in [0.15, 0.2) is 0 Å². The van der Waals surface area contributed by atoms with Gasteiger partial charge in [-0.05, 0) is 44.0 Å². The summed E-state index contributed by atoms with van der Waals surface area (Å²) in [6, 6.07) is 7.97. The highest BCUT2D eigenvalue weighted by atomic mass is 32.2. The molecule has 1 aliphatic carbocycles. The van der Waals surface area contributed by atoms with Gasteiger partial charge in [0.05, 0.1) is 18.1 Å². The van der Waals surface area contributed by atoms with Gasteiger partial charge in [-0.15, -0.1) is 11.8 Å². The molecule has 3 rings (SSSR count). The van der Waals surface area contributed by atoms with Gasteiger partial charge < -0.3 is 14.5 Å². The van der Waals surface area contributed by atoms with Gasteiger partial charge in [0.25, 0.3) is 0 Å². The first-order valence-corrected chi connectivity index (χ1v) is 8.71. The van der Waals surface area contributed by atoms with Crippen molar-refractivity contribution in [2.24, 2.45) is 0 Å². The van der Waals surface area contributed by atoms with Crippen LogP contribution in [-0.4, -0.2) is 29.3 Å². The summed E-state index contributed by atoms with van der Waals surface area (Å²) in [4.78, 5) is 16.4. The van der Waals surface area contributed by atoms with Crippen molar-refractivity contribution < 1.29 is 13.9 Å². The lowest BCUT2D eigenvalue weighted by Crippen LogP contribution is -2.32. The Bertz CT molecular complexity index is 665. The van der Waals surface area contributed by atoms with E-state index < -0.39 is 0 Å². The normalized spacial score (nSPS) is 15.2. The molecule has 0 aliphatic heterocycles. The molecule has 1 amide bonds. The summed E-state index contributed by atoms with van der Waals surface area (Å²) in [5.74, 6) is 2.14. The first-order chi connectivity index (χ1) is 11.2. The Morgan fingerprint density at radius 2 is 2.17 bits per heavy atom. The van der Waals surface area contributed by atoms with Crippen molar-refractivity contribution in [1.82, 2.24) is 10.3 Å². The van der Waals surface area contributed by atoms with Crippen LogP contribution in [0.15, 0.2) is 34.9 Å². The fourth-order valence-corrected chi connectivity index (χ4v) is 2.84. The van der Waals surface area contributed by atoms with Crippen molar-refractivity contribution in [1.29, 1.82) is 0 Å². The summed E-state index contributed by atoms with van der Waals surface area (Å²) < 4.78 is 10.7. The quantitative estimate of drug-likeness (QED) is 0.843. The smallest absolute Gasteiger partial charge is 0.233 e. The van der Waals surface area contributed by atoms with E-state index in [1.165, 1.54) is 0 Å². The highest BCUT2D eigenvalue weighted by molar-refractivity contribution is 7.99. The molecule has 122 valence electrons. The third kappa shape index (κ3) is 4.28. The Balaban J connectivity index is 1.54. The van der Waals surface area contributed by atoms with Crippen LogP contribution in [0.1, 0.15) is 25.5 Å². The number of hydrogen-bond donors (Lipinski definition) is 1. The summed E-state index contributed by atoms with van der Waals surface area (Å²) >= 11 is 1.57. The second kappa shape index (κ2) is 7.08. The maximum atomic E-state index is 11.9. The van der Waals surface area contributed by atoms with Gasteiger partial charge in [-0.25, -0.2) is 4.98 Å². The number of amides is 1. The molecule has 1 aromatic carbocycles. The molecule has 1 saturated carbocycles. The van der Waals surface area contributed by atoms with Crippen molar-refractivity contribution in [3.63, 3.8) is 0 Å². The Hall–Kier alpha value is -1.95. The van der Waals surface area contributed by atoms with E-state index in [1.54, 1.807) is 25.1 Å². The number of oxazole rings is 1. The largest absolute Gasteiger partial charge is 0.497 e. The second-order valence-electron chi connectivity index (χ2n) is 5.61. The van der Waals surface area contributed by atoms with Gasteiger partial charge in [0.1, 0.15) is 12.0 Å². The van der Waals surface area contributed by atoms with Crippen LogP contribution < -0.4 is 10.1 Å². The average Bonchev–Trinajstić information content (AvgIpc) is 3.26. The third-order valence-electron chi connectivity index (χ3n) is 3.66. The fourth-order valence-electron chi connectivity index (χ4n) is 2.07. The van der Waals surface area contributed by atoms with Crippen molar-refractivity contribution in [2.75, 3.05) is 7.11 Å². The number of ether oxygens (including phenoxy) is 1. The summed E-state index contributed by atoms with van der Waals surface area (Å²) in [5, 5.41) is 2.93. The summed E-state index contributed by atoms with van der Waals surface area (Å²) in [6.07, 6.45) is 3.87. The number of carbonyl (C=O) groups excluding carboxylic acids is 1. The molecule has 0 spiro atoms. The molecule has 1 aliphatic rings. The standard InChI is InChI=1S/C17H20N2O3S/c1-11(16(20)18-13-5-6-13)23-10-14-9-22-17(19-14)12-3-7-15(21-2)8-4-12/h3-4,7-9,11,13H,5-6,10H2,1-2H3,(H,18,20)/t11-/m1/s1. The van der Waals surface area contributed by atoms with Crippen LogP contribution in [0.2, 0.25) is 0 Å². The molecule has 1 N–H and O–H groups in total. The monoisotopic (exact) mass is 332 g/mol. The minimum absolute atomic E-state index is 0.0864. The zero-order chi connectivity index (χ0) is 16.2. The number of benzene rings is 1. The number of nitrogens with one attached hydrogen (secondary N) is 1. The maximum absolute atomic E-state index is 11.9. The van der Waals surface area contributed by atoms with Gasteiger partial charge in [-0.1, -0.05) is 0 Å². The SMILES string of the molecule is COc1ccc(-c2nc(CS[C@H](C)C(=O)NC3CC3)co2)cc1. The lowest BCUT2D eigenvalue weighted by molar-refractivity contribution is -0.120. The predicted molar refractivity (Wildman–Crippen MR) is 90.4 cm³/mol. The van der Waals surface area contributed by atoms with E-state index in [0.29, 0.717) is 17.7 Å². The third-order valence-corrected chi connectivity index (χ3v) is 4.84. The Labute approximate surface area is 139 Å². The van der Waals surface area contributed by atoms with Gasteiger partial charge in [0, 0.05) is 17.4 Å². The van der Waals surface area contributed by atoms with Gasteiger partial charge in [0.2, 0.25) is 11.8 Å². The Morgan fingerprint density at radius 1 is 1.43 bits per heavy atom. The minimum atomic E-state index is -0.0864. The predicted octanol–water partition coefficient (Wildman–Crippen LogP) is 3.25. The number of nitrogens with zero attached hydrogens (tertiary/aromatic N) is 1. The second-order valence-corrected chi connectivity index (χ2v) is 6.94. The van der Waals surface area contributed by atoms with E-state index in [9.17, 15) is 4.79 Å². The first kappa shape index (κ1) is 15.9. The number of carbonyl (C=O) groups is 1.